The predicted molar refractivity (Wildman–Crippen MR) is 123 cm³/mol. The van der Waals surface area contributed by atoms with Crippen LogP contribution in [0.4, 0.5) is 19.8 Å². The van der Waals surface area contributed by atoms with Crippen LogP contribution in [0.15, 0.2) is 17.1 Å². The molecule has 216 valence electrons. The molecule has 0 radical (unpaired) electrons. The molecule has 4 atom stereocenters. The Labute approximate surface area is 216 Å². The molecule has 0 amide bonds. The van der Waals surface area contributed by atoms with Crippen molar-refractivity contribution in [2.45, 2.75) is 70.9 Å². The van der Waals surface area contributed by atoms with Crippen molar-refractivity contribution in [1.82, 2.24) is 9.55 Å². The fourth-order valence-electron chi connectivity index (χ4n) is 2.90. The number of aliphatic hydroxyl groups is 1. The molecule has 1 saturated heterocycles. The molecular formula is C20H31FN3O13P. The minimum Gasteiger partial charge on any atom is -0.432 e. The molecule has 0 saturated carbocycles. The number of aliphatic hydroxyl groups excluding tert-OH is 1. The first-order valence-corrected chi connectivity index (χ1v) is 12.7. The lowest BCUT2D eigenvalue weighted by Gasteiger charge is -2.28. The van der Waals surface area contributed by atoms with Gasteiger partial charge in [-0.1, -0.05) is 0 Å². The number of nitrogens with two attached hydrogens (primary N) is 1. The predicted octanol–water partition coefficient (Wildman–Crippen LogP) is 2.01. The van der Waals surface area contributed by atoms with Gasteiger partial charge in [0.25, 0.3) is 0 Å². The van der Waals surface area contributed by atoms with E-state index in [9.17, 15) is 28.4 Å². The van der Waals surface area contributed by atoms with E-state index in [1.807, 2.05) is 0 Å². The van der Waals surface area contributed by atoms with Crippen molar-refractivity contribution < 1.29 is 60.9 Å². The number of rotatable bonds is 12. The van der Waals surface area contributed by atoms with Crippen molar-refractivity contribution in [2.75, 3.05) is 25.9 Å². The molecule has 0 unspecified atom stereocenters. The van der Waals surface area contributed by atoms with E-state index in [4.69, 9.17) is 33.5 Å². The van der Waals surface area contributed by atoms with Gasteiger partial charge in [0, 0.05) is 6.20 Å². The molecule has 18 heteroatoms. The van der Waals surface area contributed by atoms with Gasteiger partial charge in [0.2, 0.25) is 13.6 Å². The molecule has 0 bridgehead atoms. The molecule has 1 aromatic heterocycles. The molecule has 0 spiro atoms. The summed E-state index contributed by atoms with van der Waals surface area (Å²) >= 11 is 0. The largest absolute Gasteiger partial charge is 0.510 e. The Hall–Kier alpha value is -2.82. The number of ether oxygens (including phenoxy) is 5. The van der Waals surface area contributed by atoms with Crippen molar-refractivity contribution in [3.05, 3.63) is 22.7 Å². The first-order chi connectivity index (χ1) is 17.7. The summed E-state index contributed by atoms with van der Waals surface area (Å²) in [7, 11) is -4.73. The van der Waals surface area contributed by atoms with Crippen molar-refractivity contribution in [2.24, 2.45) is 0 Å². The van der Waals surface area contributed by atoms with Crippen molar-refractivity contribution in [3.63, 3.8) is 0 Å². The summed E-state index contributed by atoms with van der Waals surface area (Å²) in [5.74, 6) is -0.111. The van der Waals surface area contributed by atoms with Crippen LogP contribution < -0.4 is 11.4 Å². The average Bonchev–Trinajstić information content (AvgIpc) is 3.01. The summed E-state index contributed by atoms with van der Waals surface area (Å²) in [5.41, 5.74) is 2.59. The Morgan fingerprint density at radius 1 is 1.16 bits per heavy atom. The number of nitrogen functional groups attached to an aromatic ring is 1. The van der Waals surface area contributed by atoms with Gasteiger partial charge in [-0.05, 0) is 40.7 Å². The zero-order valence-corrected chi connectivity index (χ0v) is 22.2. The lowest BCUT2D eigenvalue weighted by molar-refractivity contribution is -0.121. The van der Waals surface area contributed by atoms with Gasteiger partial charge in [0.15, 0.2) is 12.4 Å². The van der Waals surface area contributed by atoms with Crippen LogP contribution in [0.25, 0.3) is 0 Å². The van der Waals surface area contributed by atoms with Crippen LogP contribution in [0.3, 0.4) is 0 Å². The number of carbonyl (C=O) groups is 2. The first kappa shape index (κ1) is 31.4. The van der Waals surface area contributed by atoms with Crippen LogP contribution in [0.2, 0.25) is 0 Å². The highest BCUT2D eigenvalue weighted by Gasteiger charge is 2.54. The summed E-state index contributed by atoms with van der Waals surface area (Å²) in [4.78, 5) is 38.7. The lowest BCUT2D eigenvalue weighted by Crippen LogP contribution is -2.43. The number of alkyl halides is 1. The van der Waals surface area contributed by atoms with Crippen LogP contribution in [-0.4, -0.2) is 77.2 Å². The number of phosphoric ester groups is 1. The number of hydrogen-bond acceptors (Lipinski definition) is 15. The van der Waals surface area contributed by atoms with Crippen molar-refractivity contribution in [3.8, 4) is 0 Å². The smallest absolute Gasteiger partial charge is 0.432 e. The molecule has 1 aliphatic rings. The second-order valence-electron chi connectivity index (χ2n) is 8.59. The Balaban J connectivity index is 2.10. The summed E-state index contributed by atoms with van der Waals surface area (Å²) in [6, 6.07) is 1.22. The second-order valence-corrected chi connectivity index (χ2v) is 10.3. The Morgan fingerprint density at radius 2 is 1.68 bits per heavy atom. The molecule has 1 aromatic rings. The molecule has 3 N–H and O–H groups in total. The molecule has 38 heavy (non-hydrogen) atoms. The average molecular weight is 571 g/mol. The van der Waals surface area contributed by atoms with Crippen LogP contribution in [0, 0.1) is 0 Å². The molecule has 0 aliphatic carbocycles. The minimum absolute atomic E-state index is 0.111. The van der Waals surface area contributed by atoms with E-state index in [-0.39, 0.29) is 5.82 Å². The molecule has 2 heterocycles. The maximum absolute atomic E-state index is 14.9. The number of nitrogens with zero attached hydrogens (tertiary/aromatic N) is 2. The molecule has 1 fully saturated rings. The maximum atomic E-state index is 14.9. The van der Waals surface area contributed by atoms with Crippen molar-refractivity contribution in [1.29, 1.82) is 0 Å². The normalized spacial score (nSPS) is 23.4. The number of carbonyl (C=O) groups excluding carboxylic acids is 2. The maximum Gasteiger partial charge on any atom is 0.510 e. The van der Waals surface area contributed by atoms with Crippen LogP contribution in [0.5, 0.6) is 0 Å². The van der Waals surface area contributed by atoms with Gasteiger partial charge in [0.1, 0.15) is 17.5 Å². The van der Waals surface area contributed by atoms with E-state index in [2.05, 4.69) is 14.5 Å². The topological polar surface area (TPSA) is 206 Å². The Morgan fingerprint density at radius 3 is 2.16 bits per heavy atom. The van der Waals surface area contributed by atoms with Gasteiger partial charge < -0.3 is 34.5 Å². The number of aromatic nitrogens is 2. The summed E-state index contributed by atoms with van der Waals surface area (Å²) in [5, 5.41) is 10.5. The van der Waals surface area contributed by atoms with E-state index in [1.54, 1.807) is 27.7 Å². The third kappa shape index (κ3) is 8.89. The fraction of sp³-hybridized carbons (Fsp3) is 0.700. The zero-order chi connectivity index (χ0) is 28.7. The highest BCUT2D eigenvalue weighted by molar-refractivity contribution is 7.48. The van der Waals surface area contributed by atoms with Crippen LogP contribution in [-0.2, 0) is 41.8 Å². The minimum atomic E-state index is -4.73. The SMILES string of the molecule is CC(C)OC(=O)OCOP(=O)(OCOC(=O)OC(C)C)OC[C@@]1(C)O[C@@H](n2ccc(N)nc2=O)[C@H](F)[C@@H]1O. The fourth-order valence-corrected chi connectivity index (χ4v) is 3.90. The van der Waals surface area contributed by atoms with Crippen molar-refractivity contribution >= 4 is 26.0 Å². The monoisotopic (exact) mass is 571 g/mol. The number of anilines is 1. The van der Waals surface area contributed by atoms with E-state index in [0.29, 0.717) is 0 Å². The summed E-state index contributed by atoms with van der Waals surface area (Å²) in [6.07, 6.45) is -7.90. The molecule has 2 rings (SSSR count). The van der Waals surface area contributed by atoms with E-state index >= 15 is 0 Å². The summed E-state index contributed by atoms with van der Waals surface area (Å²) in [6.45, 7) is 4.63. The highest BCUT2D eigenvalue weighted by atomic mass is 31.2. The lowest BCUT2D eigenvalue weighted by atomic mass is 9.99. The molecular weight excluding hydrogens is 540 g/mol. The first-order valence-electron chi connectivity index (χ1n) is 11.2. The van der Waals surface area contributed by atoms with Gasteiger partial charge in [0.05, 0.1) is 18.8 Å². The number of halogens is 1. The number of hydrogen-bond donors (Lipinski definition) is 2. The molecule has 0 aromatic carbocycles. The van der Waals surface area contributed by atoms with Gasteiger partial charge in [-0.2, -0.15) is 4.98 Å². The highest BCUT2D eigenvalue weighted by Crippen LogP contribution is 2.51. The van der Waals surface area contributed by atoms with Crippen LogP contribution in [0.1, 0.15) is 40.8 Å². The van der Waals surface area contributed by atoms with Gasteiger partial charge in [-0.3, -0.25) is 9.09 Å². The quantitative estimate of drug-likeness (QED) is 0.209. The second kappa shape index (κ2) is 13.3. The van der Waals surface area contributed by atoms with E-state index in [1.165, 1.54) is 13.0 Å². The van der Waals surface area contributed by atoms with Gasteiger partial charge in [-0.15, -0.1) is 0 Å². The zero-order valence-electron chi connectivity index (χ0n) is 21.3. The standard InChI is InChI=1S/C20H31FN3O13P/c1-11(2)35-18(27)30-9-33-38(29,34-10-31-19(28)36-12(3)4)32-8-20(5)15(25)14(21)16(37-20)24-7-6-13(22)23-17(24)26/h6-7,11-12,14-16,25H,8-10H2,1-5H3,(H2,22,23,26)/t14-,15+,16-,20-/m1/s1. The van der Waals surface area contributed by atoms with E-state index < -0.39 is 82.3 Å². The molecule has 1 aliphatic heterocycles. The number of phosphoric acid groups is 1. The Bertz CT molecular complexity index is 1040. The third-order valence-electron chi connectivity index (χ3n) is 4.66. The van der Waals surface area contributed by atoms with Gasteiger partial charge >= 0.3 is 25.8 Å². The van der Waals surface area contributed by atoms with E-state index in [0.717, 1.165) is 10.8 Å². The molecule has 16 nitrogen and oxygen atoms in total. The Kier molecular flexibility index (Phi) is 11.0. The van der Waals surface area contributed by atoms with Crippen LogP contribution >= 0.6 is 7.82 Å². The van der Waals surface area contributed by atoms with Gasteiger partial charge in [-0.25, -0.2) is 32.4 Å². The summed E-state index contributed by atoms with van der Waals surface area (Å²) < 4.78 is 68.0. The third-order valence-corrected chi connectivity index (χ3v) is 5.95.